The van der Waals surface area contributed by atoms with Gasteiger partial charge in [0.05, 0.1) is 12.0 Å². The first-order valence-electron chi connectivity index (χ1n) is 6.70. The maximum Gasteiger partial charge on any atom is 0.322 e. The van der Waals surface area contributed by atoms with Crippen molar-refractivity contribution in [3.05, 3.63) is 53.2 Å². The highest BCUT2D eigenvalue weighted by atomic mass is 35.5. The van der Waals surface area contributed by atoms with Gasteiger partial charge in [-0.15, -0.1) is 16.9 Å². The number of amides is 1. The van der Waals surface area contributed by atoms with Crippen LogP contribution in [0.2, 0.25) is 5.02 Å². The van der Waals surface area contributed by atoms with E-state index >= 15 is 0 Å². The molecule has 1 amide bonds. The number of carbonyl (C=O) groups is 1. The summed E-state index contributed by atoms with van der Waals surface area (Å²) in [6.07, 6.45) is 1.50. The first-order chi connectivity index (χ1) is 11.2. The van der Waals surface area contributed by atoms with Gasteiger partial charge in [0, 0.05) is 10.8 Å². The van der Waals surface area contributed by atoms with Gasteiger partial charge in [0.15, 0.2) is 5.76 Å². The maximum absolute atomic E-state index is 11.9. The first kappa shape index (κ1) is 15.6. The van der Waals surface area contributed by atoms with Crippen LogP contribution < -0.4 is 5.32 Å². The number of thioether (sulfide) groups is 1. The number of halogens is 1. The third-order valence-corrected chi connectivity index (χ3v) is 4.03. The van der Waals surface area contributed by atoms with Crippen molar-refractivity contribution in [3.8, 4) is 11.7 Å². The fourth-order valence-corrected chi connectivity index (χ4v) is 2.81. The number of carbonyl (C=O) groups excluding carboxylic acids is 1. The number of rotatable bonds is 6. The molecule has 2 heterocycles. The quantitative estimate of drug-likeness (QED) is 0.727. The zero-order chi connectivity index (χ0) is 16.1. The number of hydrogen-bond donors (Lipinski definition) is 1. The SMILES string of the molecule is O=C(CSCc1cccc(Cl)c1)Nc1nnc(-c2ccco2)o1. The van der Waals surface area contributed by atoms with E-state index in [4.69, 9.17) is 20.4 Å². The second kappa shape index (κ2) is 7.34. The van der Waals surface area contributed by atoms with Crippen LogP contribution in [0.5, 0.6) is 0 Å². The molecule has 0 aliphatic heterocycles. The summed E-state index contributed by atoms with van der Waals surface area (Å²) < 4.78 is 10.4. The minimum absolute atomic E-state index is 0.0461. The lowest BCUT2D eigenvalue weighted by atomic mass is 10.2. The van der Waals surface area contributed by atoms with E-state index in [0.717, 1.165) is 5.56 Å². The number of nitrogens with zero attached hydrogens (tertiary/aromatic N) is 2. The predicted octanol–water partition coefficient (Wildman–Crippen LogP) is 3.85. The average molecular weight is 350 g/mol. The number of hydrogen-bond acceptors (Lipinski definition) is 6. The number of benzene rings is 1. The highest BCUT2D eigenvalue weighted by molar-refractivity contribution is 7.99. The number of nitrogens with one attached hydrogen (secondary N) is 1. The van der Waals surface area contributed by atoms with Crippen molar-refractivity contribution in [1.82, 2.24) is 10.2 Å². The van der Waals surface area contributed by atoms with Crippen LogP contribution in [0.3, 0.4) is 0 Å². The van der Waals surface area contributed by atoms with Crippen molar-refractivity contribution in [2.24, 2.45) is 0 Å². The molecular formula is C15H12ClN3O3S. The van der Waals surface area contributed by atoms with Crippen LogP contribution in [0.25, 0.3) is 11.7 Å². The third-order valence-electron chi connectivity index (χ3n) is 2.79. The van der Waals surface area contributed by atoms with Crippen molar-refractivity contribution >= 4 is 35.3 Å². The van der Waals surface area contributed by atoms with Crippen LogP contribution in [-0.4, -0.2) is 21.9 Å². The summed E-state index contributed by atoms with van der Waals surface area (Å²) in [6.45, 7) is 0. The van der Waals surface area contributed by atoms with Gasteiger partial charge in [-0.2, -0.15) is 0 Å². The fourth-order valence-electron chi connectivity index (χ4n) is 1.82. The van der Waals surface area contributed by atoms with Gasteiger partial charge in [-0.05, 0) is 29.8 Å². The molecule has 6 nitrogen and oxygen atoms in total. The standard InChI is InChI=1S/C15H12ClN3O3S/c16-11-4-1-3-10(7-11)8-23-9-13(20)17-15-19-18-14(22-15)12-5-2-6-21-12/h1-7H,8-9H2,(H,17,19,20). The molecule has 0 saturated heterocycles. The second-order valence-corrected chi connectivity index (χ2v) is 5.98. The molecule has 8 heteroatoms. The highest BCUT2D eigenvalue weighted by Crippen LogP contribution is 2.20. The Morgan fingerprint density at radius 3 is 2.96 bits per heavy atom. The van der Waals surface area contributed by atoms with Gasteiger partial charge in [-0.25, -0.2) is 0 Å². The predicted molar refractivity (Wildman–Crippen MR) is 88.2 cm³/mol. The molecule has 3 rings (SSSR count). The molecule has 0 atom stereocenters. The van der Waals surface area contributed by atoms with Crippen LogP contribution in [0, 0.1) is 0 Å². The minimum Gasteiger partial charge on any atom is -0.459 e. The Morgan fingerprint density at radius 1 is 1.26 bits per heavy atom. The van der Waals surface area contributed by atoms with Crippen LogP contribution >= 0.6 is 23.4 Å². The van der Waals surface area contributed by atoms with Gasteiger partial charge in [0.25, 0.3) is 5.89 Å². The molecule has 0 fully saturated rings. The monoisotopic (exact) mass is 349 g/mol. The van der Waals surface area contributed by atoms with E-state index in [9.17, 15) is 4.79 Å². The van der Waals surface area contributed by atoms with Crippen LogP contribution in [-0.2, 0) is 10.5 Å². The van der Waals surface area contributed by atoms with Gasteiger partial charge < -0.3 is 8.83 Å². The summed E-state index contributed by atoms with van der Waals surface area (Å²) in [5.41, 5.74) is 1.06. The smallest absolute Gasteiger partial charge is 0.322 e. The van der Waals surface area contributed by atoms with Gasteiger partial charge in [-0.3, -0.25) is 10.1 Å². The zero-order valence-electron chi connectivity index (χ0n) is 11.9. The third kappa shape index (κ3) is 4.37. The van der Waals surface area contributed by atoms with Gasteiger partial charge >= 0.3 is 6.01 Å². The Hall–Kier alpha value is -2.25. The molecule has 23 heavy (non-hydrogen) atoms. The Bertz CT molecular complexity index is 789. The summed E-state index contributed by atoms with van der Waals surface area (Å²) in [7, 11) is 0. The molecule has 118 valence electrons. The summed E-state index contributed by atoms with van der Waals surface area (Å²) >= 11 is 7.38. The molecule has 1 aromatic carbocycles. The van der Waals surface area contributed by atoms with Crippen molar-refractivity contribution in [3.63, 3.8) is 0 Å². The van der Waals surface area contributed by atoms with Crippen LogP contribution in [0.1, 0.15) is 5.56 Å². The maximum atomic E-state index is 11.9. The van der Waals surface area contributed by atoms with Gasteiger partial charge in [-0.1, -0.05) is 28.8 Å². The van der Waals surface area contributed by atoms with E-state index in [1.807, 2.05) is 24.3 Å². The number of aromatic nitrogens is 2. The summed E-state index contributed by atoms with van der Waals surface area (Å²) in [5, 5.41) is 10.8. The Labute approximate surface area is 141 Å². The van der Waals surface area contributed by atoms with Crippen LogP contribution in [0.4, 0.5) is 6.01 Å². The first-order valence-corrected chi connectivity index (χ1v) is 8.23. The summed E-state index contributed by atoms with van der Waals surface area (Å²) in [5.74, 6) is 1.41. The molecule has 0 spiro atoms. The number of furan rings is 1. The van der Waals surface area contributed by atoms with E-state index in [2.05, 4.69) is 15.5 Å². The fraction of sp³-hybridized carbons (Fsp3) is 0.133. The topological polar surface area (TPSA) is 81.2 Å². The van der Waals surface area contributed by atoms with E-state index in [0.29, 0.717) is 16.5 Å². The molecule has 0 unspecified atom stereocenters. The van der Waals surface area contributed by atoms with E-state index < -0.39 is 0 Å². The average Bonchev–Trinajstić information content (AvgIpc) is 3.18. The van der Waals surface area contributed by atoms with Crippen molar-refractivity contribution < 1.29 is 13.6 Å². The number of anilines is 1. The summed E-state index contributed by atoms with van der Waals surface area (Å²) in [6, 6.07) is 11.0. The highest BCUT2D eigenvalue weighted by Gasteiger charge is 2.13. The Morgan fingerprint density at radius 2 is 2.17 bits per heavy atom. The van der Waals surface area contributed by atoms with E-state index in [1.54, 1.807) is 12.1 Å². The van der Waals surface area contributed by atoms with Crippen molar-refractivity contribution in [2.75, 3.05) is 11.1 Å². The molecule has 1 N–H and O–H groups in total. The lowest BCUT2D eigenvalue weighted by Gasteiger charge is -2.02. The van der Waals surface area contributed by atoms with Crippen molar-refractivity contribution in [1.29, 1.82) is 0 Å². The molecular weight excluding hydrogens is 338 g/mol. The molecule has 0 aliphatic carbocycles. The van der Waals surface area contributed by atoms with Gasteiger partial charge in [0.2, 0.25) is 5.91 Å². The lowest BCUT2D eigenvalue weighted by molar-refractivity contribution is -0.113. The van der Waals surface area contributed by atoms with E-state index in [1.165, 1.54) is 18.0 Å². The Balaban J connectivity index is 1.48. The molecule has 0 aliphatic rings. The van der Waals surface area contributed by atoms with Crippen molar-refractivity contribution in [2.45, 2.75) is 5.75 Å². The minimum atomic E-state index is -0.216. The molecule has 0 saturated carbocycles. The molecule has 3 aromatic rings. The normalized spacial score (nSPS) is 10.7. The molecule has 0 bridgehead atoms. The molecule has 2 aromatic heterocycles. The van der Waals surface area contributed by atoms with Gasteiger partial charge in [0.1, 0.15) is 0 Å². The lowest BCUT2D eigenvalue weighted by Crippen LogP contribution is -2.14. The second-order valence-electron chi connectivity index (χ2n) is 4.56. The molecule has 0 radical (unpaired) electrons. The largest absolute Gasteiger partial charge is 0.459 e. The van der Waals surface area contributed by atoms with Crippen LogP contribution in [0.15, 0.2) is 51.5 Å². The Kier molecular flexibility index (Phi) is 4.99. The summed E-state index contributed by atoms with van der Waals surface area (Å²) in [4.78, 5) is 11.9. The van der Waals surface area contributed by atoms with E-state index in [-0.39, 0.29) is 23.6 Å². The zero-order valence-corrected chi connectivity index (χ0v) is 13.4.